The molecular formula is C10H12F3NO2. The Balaban J connectivity index is 3.03. The van der Waals surface area contributed by atoms with Gasteiger partial charge in [-0.1, -0.05) is 0 Å². The third-order valence-electron chi connectivity index (χ3n) is 2.12. The number of hydrogen-bond acceptors (Lipinski definition) is 3. The van der Waals surface area contributed by atoms with Crippen LogP contribution in [0.25, 0.3) is 0 Å². The molecule has 90 valence electrons. The van der Waals surface area contributed by atoms with Crippen LogP contribution in [0.5, 0.6) is 0 Å². The van der Waals surface area contributed by atoms with Gasteiger partial charge in [0.2, 0.25) is 0 Å². The van der Waals surface area contributed by atoms with Gasteiger partial charge in [0, 0.05) is 18.7 Å². The number of halogens is 3. The lowest BCUT2D eigenvalue weighted by Crippen LogP contribution is -2.30. The molecule has 3 nitrogen and oxygen atoms in total. The number of aliphatic hydroxyl groups excluding tert-OH is 2. The first kappa shape index (κ1) is 13.0. The van der Waals surface area contributed by atoms with Crippen LogP contribution in [-0.2, 0) is 0 Å². The van der Waals surface area contributed by atoms with E-state index in [1.165, 1.54) is 7.05 Å². The lowest BCUT2D eigenvalue weighted by molar-refractivity contribution is 0.0158. The molecule has 0 aliphatic carbocycles. The Morgan fingerprint density at radius 3 is 2.12 bits per heavy atom. The van der Waals surface area contributed by atoms with Crippen molar-refractivity contribution < 1.29 is 23.4 Å². The van der Waals surface area contributed by atoms with Crippen molar-refractivity contribution in [1.29, 1.82) is 0 Å². The van der Waals surface area contributed by atoms with Gasteiger partial charge >= 0.3 is 0 Å². The number of hydrogen-bond donors (Lipinski definition) is 3. The summed E-state index contributed by atoms with van der Waals surface area (Å²) < 4.78 is 39.0. The molecule has 1 aromatic carbocycles. The number of benzene rings is 1. The third kappa shape index (κ3) is 2.72. The second-order valence-electron chi connectivity index (χ2n) is 3.35. The summed E-state index contributed by atoms with van der Waals surface area (Å²) in [5, 5.41) is 21.4. The maximum atomic E-state index is 13.2. The number of nitrogens with one attached hydrogen (secondary N) is 1. The van der Waals surface area contributed by atoms with E-state index in [2.05, 4.69) is 5.32 Å². The quantitative estimate of drug-likeness (QED) is 0.720. The highest BCUT2D eigenvalue weighted by Gasteiger charge is 2.25. The van der Waals surface area contributed by atoms with Gasteiger partial charge in [0.15, 0.2) is 0 Å². The molecule has 0 aliphatic rings. The molecule has 6 heteroatoms. The monoisotopic (exact) mass is 235 g/mol. The summed E-state index contributed by atoms with van der Waals surface area (Å²) in [4.78, 5) is 0. The van der Waals surface area contributed by atoms with E-state index in [-0.39, 0.29) is 6.54 Å². The molecule has 0 heterocycles. The number of likely N-dealkylation sites (N-methyl/N-ethyl adjacent to an activating group) is 1. The lowest BCUT2D eigenvalue weighted by Gasteiger charge is -2.18. The Morgan fingerprint density at radius 2 is 1.69 bits per heavy atom. The normalized spacial score (nSPS) is 14.9. The van der Waals surface area contributed by atoms with Crippen LogP contribution in [0.3, 0.4) is 0 Å². The first-order valence-corrected chi connectivity index (χ1v) is 4.62. The van der Waals surface area contributed by atoms with Crippen molar-refractivity contribution in [2.45, 2.75) is 12.2 Å². The SMILES string of the molecule is CNCC(O)C(O)c1c(F)cc(F)cc1F. The summed E-state index contributed by atoms with van der Waals surface area (Å²) >= 11 is 0. The minimum atomic E-state index is -1.74. The van der Waals surface area contributed by atoms with E-state index in [1.54, 1.807) is 0 Å². The van der Waals surface area contributed by atoms with E-state index in [9.17, 15) is 23.4 Å². The van der Waals surface area contributed by atoms with Crippen LogP contribution in [0.15, 0.2) is 12.1 Å². The largest absolute Gasteiger partial charge is 0.389 e. The zero-order valence-corrected chi connectivity index (χ0v) is 8.54. The fourth-order valence-corrected chi connectivity index (χ4v) is 1.35. The maximum Gasteiger partial charge on any atom is 0.134 e. The smallest absolute Gasteiger partial charge is 0.134 e. The van der Waals surface area contributed by atoms with Gasteiger partial charge in [0.05, 0.1) is 11.7 Å². The van der Waals surface area contributed by atoms with Gasteiger partial charge < -0.3 is 15.5 Å². The number of rotatable bonds is 4. The summed E-state index contributed by atoms with van der Waals surface area (Å²) in [6, 6.07) is 0.904. The van der Waals surface area contributed by atoms with Crippen molar-refractivity contribution in [3.8, 4) is 0 Å². The van der Waals surface area contributed by atoms with Crippen molar-refractivity contribution in [3.05, 3.63) is 35.1 Å². The van der Waals surface area contributed by atoms with E-state index < -0.39 is 35.2 Å². The maximum absolute atomic E-state index is 13.2. The second-order valence-corrected chi connectivity index (χ2v) is 3.35. The fraction of sp³-hybridized carbons (Fsp3) is 0.400. The average molecular weight is 235 g/mol. The Morgan fingerprint density at radius 1 is 1.19 bits per heavy atom. The van der Waals surface area contributed by atoms with Gasteiger partial charge in [-0.3, -0.25) is 0 Å². The van der Waals surface area contributed by atoms with Crippen LogP contribution < -0.4 is 5.32 Å². The molecule has 0 aliphatic heterocycles. The van der Waals surface area contributed by atoms with Crippen molar-refractivity contribution in [2.75, 3.05) is 13.6 Å². The van der Waals surface area contributed by atoms with Gasteiger partial charge in [-0.2, -0.15) is 0 Å². The highest BCUT2D eigenvalue weighted by molar-refractivity contribution is 5.24. The number of aliphatic hydroxyl groups is 2. The molecule has 0 saturated carbocycles. The molecule has 0 fully saturated rings. The Bertz CT molecular complexity index is 350. The topological polar surface area (TPSA) is 52.5 Å². The molecule has 0 spiro atoms. The first-order valence-electron chi connectivity index (χ1n) is 4.62. The average Bonchev–Trinajstić information content (AvgIpc) is 2.16. The molecule has 1 aromatic rings. The van der Waals surface area contributed by atoms with Gasteiger partial charge in [0.1, 0.15) is 23.6 Å². The third-order valence-corrected chi connectivity index (χ3v) is 2.12. The van der Waals surface area contributed by atoms with Gasteiger partial charge in [0.25, 0.3) is 0 Å². The van der Waals surface area contributed by atoms with E-state index in [0.29, 0.717) is 12.1 Å². The minimum Gasteiger partial charge on any atom is -0.389 e. The molecule has 0 amide bonds. The van der Waals surface area contributed by atoms with Crippen LogP contribution in [0.1, 0.15) is 11.7 Å². The van der Waals surface area contributed by atoms with E-state index in [4.69, 9.17) is 0 Å². The molecule has 3 N–H and O–H groups in total. The van der Waals surface area contributed by atoms with Gasteiger partial charge in [-0.25, -0.2) is 13.2 Å². The Kier molecular flexibility index (Phi) is 4.28. The molecule has 16 heavy (non-hydrogen) atoms. The van der Waals surface area contributed by atoms with E-state index in [1.807, 2.05) is 0 Å². The molecule has 0 radical (unpaired) electrons. The van der Waals surface area contributed by atoms with Crippen molar-refractivity contribution >= 4 is 0 Å². The van der Waals surface area contributed by atoms with E-state index in [0.717, 1.165) is 0 Å². The van der Waals surface area contributed by atoms with Crippen molar-refractivity contribution in [3.63, 3.8) is 0 Å². The molecule has 0 saturated heterocycles. The summed E-state index contributed by atoms with van der Waals surface area (Å²) in [7, 11) is 1.51. The summed E-state index contributed by atoms with van der Waals surface area (Å²) in [6.45, 7) is -0.0442. The standard InChI is InChI=1S/C10H12F3NO2/c1-14-4-8(15)10(16)9-6(12)2-5(11)3-7(9)13/h2-3,8,10,14-16H,4H2,1H3. The molecular weight excluding hydrogens is 223 g/mol. The van der Waals surface area contributed by atoms with Gasteiger partial charge in [-0.05, 0) is 7.05 Å². The van der Waals surface area contributed by atoms with Crippen LogP contribution in [0, 0.1) is 17.5 Å². The molecule has 2 unspecified atom stereocenters. The fourth-order valence-electron chi connectivity index (χ4n) is 1.35. The molecule has 1 rings (SSSR count). The summed E-state index contributed by atoms with van der Waals surface area (Å²) in [6.07, 6.45) is -3.12. The first-order chi connectivity index (χ1) is 7.47. The predicted octanol–water partition coefficient (Wildman–Crippen LogP) is 0.718. The zero-order valence-electron chi connectivity index (χ0n) is 8.54. The van der Waals surface area contributed by atoms with Crippen molar-refractivity contribution in [2.24, 2.45) is 0 Å². The molecule has 2 atom stereocenters. The summed E-state index contributed by atoms with van der Waals surface area (Å²) in [5.74, 6) is -3.52. The highest BCUT2D eigenvalue weighted by atomic mass is 19.1. The summed E-state index contributed by atoms with van der Waals surface area (Å²) in [5.41, 5.74) is -0.732. The van der Waals surface area contributed by atoms with Crippen LogP contribution in [0.2, 0.25) is 0 Å². The Labute approximate surface area is 90.5 Å². The van der Waals surface area contributed by atoms with Crippen LogP contribution in [-0.4, -0.2) is 29.9 Å². The van der Waals surface area contributed by atoms with Crippen LogP contribution in [0.4, 0.5) is 13.2 Å². The Hall–Kier alpha value is -1.11. The lowest BCUT2D eigenvalue weighted by atomic mass is 10.0. The van der Waals surface area contributed by atoms with Gasteiger partial charge in [-0.15, -0.1) is 0 Å². The van der Waals surface area contributed by atoms with E-state index >= 15 is 0 Å². The van der Waals surface area contributed by atoms with Crippen molar-refractivity contribution in [1.82, 2.24) is 5.32 Å². The van der Waals surface area contributed by atoms with Crippen LogP contribution >= 0.6 is 0 Å². The molecule has 0 bridgehead atoms. The highest BCUT2D eigenvalue weighted by Crippen LogP contribution is 2.24. The predicted molar refractivity (Wildman–Crippen MR) is 51.2 cm³/mol. The molecule has 0 aromatic heterocycles. The minimum absolute atomic E-state index is 0.0442. The second kappa shape index (κ2) is 5.29. The zero-order chi connectivity index (χ0) is 12.3.